The standard InChI is InChI=1S/C19H31NOS/c1-12(2)20-17(21)11-19(7,8)18-15(6)9-14(5)10-16(18)22-13(3)4/h9-10,12-13H,11H2,1-8H3,(H,20,21). The Morgan fingerprint density at radius 3 is 2.27 bits per heavy atom. The minimum Gasteiger partial charge on any atom is -0.354 e. The van der Waals surface area contributed by atoms with Crippen LogP contribution in [0, 0.1) is 13.8 Å². The van der Waals surface area contributed by atoms with Gasteiger partial charge in [-0.25, -0.2) is 0 Å². The summed E-state index contributed by atoms with van der Waals surface area (Å²) in [5.74, 6) is 0.125. The molecule has 2 nitrogen and oxygen atoms in total. The maximum absolute atomic E-state index is 12.2. The van der Waals surface area contributed by atoms with Crippen molar-refractivity contribution in [3.63, 3.8) is 0 Å². The molecule has 22 heavy (non-hydrogen) atoms. The number of carbonyl (C=O) groups excluding carboxylic acids is 1. The van der Waals surface area contributed by atoms with E-state index in [1.54, 1.807) is 0 Å². The fourth-order valence-electron chi connectivity index (χ4n) is 3.01. The van der Waals surface area contributed by atoms with Gasteiger partial charge in [-0.1, -0.05) is 33.8 Å². The lowest BCUT2D eigenvalue weighted by Crippen LogP contribution is -2.35. The maximum Gasteiger partial charge on any atom is 0.221 e. The number of aryl methyl sites for hydroxylation is 2. The topological polar surface area (TPSA) is 29.1 Å². The van der Waals surface area contributed by atoms with Crippen molar-refractivity contribution in [2.75, 3.05) is 0 Å². The van der Waals surface area contributed by atoms with E-state index in [1.165, 1.54) is 21.6 Å². The van der Waals surface area contributed by atoms with Gasteiger partial charge < -0.3 is 5.32 Å². The van der Waals surface area contributed by atoms with Crippen LogP contribution in [-0.4, -0.2) is 17.2 Å². The van der Waals surface area contributed by atoms with Crippen LogP contribution in [0.3, 0.4) is 0 Å². The third-order valence-corrected chi connectivity index (χ3v) is 4.58. The van der Waals surface area contributed by atoms with Gasteiger partial charge in [0.05, 0.1) is 0 Å². The fraction of sp³-hybridized carbons (Fsp3) is 0.632. The van der Waals surface area contributed by atoms with E-state index >= 15 is 0 Å². The van der Waals surface area contributed by atoms with Crippen LogP contribution in [0.25, 0.3) is 0 Å². The molecule has 0 radical (unpaired) electrons. The van der Waals surface area contributed by atoms with Crippen molar-refractivity contribution in [1.29, 1.82) is 0 Å². The number of nitrogens with one attached hydrogen (secondary N) is 1. The summed E-state index contributed by atoms with van der Waals surface area (Å²) < 4.78 is 0. The Balaban J connectivity index is 3.19. The molecule has 1 N–H and O–H groups in total. The molecule has 0 atom stereocenters. The molecule has 0 saturated heterocycles. The van der Waals surface area contributed by atoms with Gasteiger partial charge in [0.2, 0.25) is 5.91 Å². The zero-order valence-electron chi connectivity index (χ0n) is 15.3. The van der Waals surface area contributed by atoms with Crippen LogP contribution in [0.4, 0.5) is 0 Å². The molecule has 3 heteroatoms. The highest BCUT2D eigenvalue weighted by atomic mass is 32.2. The molecule has 0 aliphatic rings. The quantitative estimate of drug-likeness (QED) is 0.747. The Hall–Kier alpha value is -0.960. The normalized spacial score (nSPS) is 12.1. The Morgan fingerprint density at radius 1 is 1.18 bits per heavy atom. The number of hydrogen-bond acceptors (Lipinski definition) is 2. The van der Waals surface area contributed by atoms with Crippen molar-refractivity contribution in [3.05, 3.63) is 28.8 Å². The maximum atomic E-state index is 12.2. The number of amides is 1. The van der Waals surface area contributed by atoms with Gasteiger partial charge in [0.15, 0.2) is 0 Å². The summed E-state index contributed by atoms with van der Waals surface area (Å²) in [4.78, 5) is 13.6. The third kappa shape index (κ3) is 5.35. The minimum atomic E-state index is -0.173. The molecule has 1 aromatic carbocycles. The first kappa shape index (κ1) is 19.1. The molecule has 1 rings (SSSR count). The number of rotatable bonds is 6. The zero-order valence-corrected chi connectivity index (χ0v) is 16.1. The average molecular weight is 322 g/mol. The van der Waals surface area contributed by atoms with Crippen molar-refractivity contribution in [1.82, 2.24) is 5.32 Å². The van der Waals surface area contributed by atoms with E-state index in [0.717, 1.165) is 0 Å². The predicted molar refractivity (Wildman–Crippen MR) is 97.8 cm³/mol. The lowest BCUT2D eigenvalue weighted by molar-refractivity contribution is -0.122. The SMILES string of the molecule is Cc1cc(C)c(C(C)(C)CC(=O)NC(C)C)c(SC(C)C)c1. The Morgan fingerprint density at radius 2 is 1.77 bits per heavy atom. The zero-order chi connectivity index (χ0) is 17.1. The van der Waals surface area contributed by atoms with Gasteiger partial charge in [0, 0.05) is 22.6 Å². The number of benzene rings is 1. The lowest BCUT2D eigenvalue weighted by atomic mass is 9.78. The number of carbonyl (C=O) groups is 1. The van der Waals surface area contributed by atoms with Gasteiger partial charge in [0.1, 0.15) is 0 Å². The van der Waals surface area contributed by atoms with Crippen LogP contribution < -0.4 is 5.32 Å². The largest absolute Gasteiger partial charge is 0.354 e. The second-order valence-corrected chi connectivity index (χ2v) is 9.02. The molecule has 1 amide bonds. The van der Waals surface area contributed by atoms with Gasteiger partial charge in [0.25, 0.3) is 0 Å². The second-order valence-electron chi connectivity index (χ2n) is 7.40. The molecule has 0 spiro atoms. The molecular weight excluding hydrogens is 290 g/mol. The van der Waals surface area contributed by atoms with Crippen LogP contribution in [0.1, 0.15) is 64.7 Å². The number of hydrogen-bond donors (Lipinski definition) is 1. The molecule has 0 bridgehead atoms. The summed E-state index contributed by atoms with van der Waals surface area (Å²) in [6.07, 6.45) is 0.515. The van der Waals surface area contributed by atoms with Gasteiger partial charge in [-0.2, -0.15) is 0 Å². The Labute approximate surface area is 140 Å². The van der Waals surface area contributed by atoms with Crippen LogP contribution in [0.5, 0.6) is 0 Å². The molecule has 124 valence electrons. The van der Waals surface area contributed by atoms with E-state index in [2.05, 4.69) is 59.0 Å². The van der Waals surface area contributed by atoms with Crippen LogP contribution in [0.15, 0.2) is 17.0 Å². The molecule has 0 aliphatic heterocycles. The fourth-order valence-corrected chi connectivity index (χ4v) is 4.32. The average Bonchev–Trinajstić information content (AvgIpc) is 2.22. The highest BCUT2D eigenvalue weighted by Crippen LogP contribution is 2.39. The summed E-state index contributed by atoms with van der Waals surface area (Å²) >= 11 is 1.89. The van der Waals surface area contributed by atoms with Crippen molar-refractivity contribution < 1.29 is 4.79 Å². The van der Waals surface area contributed by atoms with E-state index in [0.29, 0.717) is 11.7 Å². The highest BCUT2D eigenvalue weighted by molar-refractivity contribution is 8.00. The van der Waals surface area contributed by atoms with Gasteiger partial charge >= 0.3 is 0 Å². The van der Waals surface area contributed by atoms with Crippen LogP contribution in [0.2, 0.25) is 0 Å². The van der Waals surface area contributed by atoms with Crippen LogP contribution >= 0.6 is 11.8 Å². The predicted octanol–water partition coefficient (Wildman–Crippen LogP) is 5.00. The van der Waals surface area contributed by atoms with E-state index in [1.807, 2.05) is 25.6 Å². The molecule has 0 aromatic heterocycles. The summed E-state index contributed by atoms with van der Waals surface area (Å²) in [5.41, 5.74) is 3.71. The lowest BCUT2D eigenvalue weighted by Gasteiger charge is -2.30. The van der Waals surface area contributed by atoms with Gasteiger partial charge in [-0.3, -0.25) is 4.79 Å². The number of thioether (sulfide) groups is 1. The van der Waals surface area contributed by atoms with E-state index in [-0.39, 0.29) is 17.4 Å². The highest BCUT2D eigenvalue weighted by Gasteiger charge is 2.29. The van der Waals surface area contributed by atoms with Gasteiger partial charge in [-0.05, 0) is 55.9 Å². The van der Waals surface area contributed by atoms with E-state index in [9.17, 15) is 4.79 Å². The van der Waals surface area contributed by atoms with Crippen molar-refractivity contribution in [2.45, 2.75) is 83.4 Å². The minimum absolute atomic E-state index is 0.125. The summed E-state index contributed by atoms with van der Waals surface area (Å²) in [7, 11) is 0. The van der Waals surface area contributed by atoms with Gasteiger partial charge in [-0.15, -0.1) is 11.8 Å². The van der Waals surface area contributed by atoms with Crippen molar-refractivity contribution >= 4 is 17.7 Å². The molecule has 0 fully saturated rings. The summed E-state index contributed by atoms with van der Waals surface area (Å²) in [5, 5.41) is 3.54. The first-order valence-corrected chi connectivity index (χ1v) is 8.98. The molecule has 1 aromatic rings. The molecule has 0 saturated carbocycles. The van der Waals surface area contributed by atoms with Crippen molar-refractivity contribution in [3.8, 4) is 0 Å². The van der Waals surface area contributed by atoms with Crippen molar-refractivity contribution in [2.24, 2.45) is 0 Å². The molecule has 0 unspecified atom stereocenters. The van der Waals surface area contributed by atoms with E-state index < -0.39 is 0 Å². The van der Waals surface area contributed by atoms with Crippen LogP contribution in [-0.2, 0) is 10.2 Å². The summed E-state index contributed by atoms with van der Waals surface area (Å²) in [6.45, 7) is 17.1. The smallest absolute Gasteiger partial charge is 0.221 e. The Kier molecular flexibility index (Phi) is 6.54. The first-order valence-electron chi connectivity index (χ1n) is 8.10. The molecular formula is C19H31NOS. The summed E-state index contributed by atoms with van der Waals surface area (Å²) in [6, 6.07) is 4.67. The second kappa shape index (κ2) is 7.54. The molecule has 0 aliphatic carbocycles. The third-order valence-electron chi connectivity index (χ3n) is 3.54. The first-order chi connectivity index (χ1) is 10.0. The molecule has 0 heterocycles. The monoisotopic (exact) mass is 321 g/mol. The van der Waals surface area contributed by atoms with E-state index in [4.69, 9.17) is 0 Å². The Bertz CT molecular complexity index is 532.